The van der Waals surface area contributed by atoms with Crippen molar-refractivity contribution in [2.75, 3.05) is 54.5 Å². The Bertz CT molecular complexity index is 742. The van der Waals surface area contributed by atoms with Crippen molar-refractivity contribution in [3.05, 3.63) is 54.1 Å². The smallest absolute Gasteiger partial charge is 0.246 e. The molecular weight excluding hydrogens is 326 g/mol. The largest absolute Gasteiger partial charge is 0.378 e. The first-order valence-electron chi connectivity index (χ1n) is 9.21. The first-order chi connectivity index (χ1) is 12.7. The first kappa shape index (κ1) is 18.3. The first-order valence-corrected chi connectivity index (χ1v) is 9.21. The van der Waals surface area contributed by atoms with E-state index in [4.69, 9.17) is 4.74 Å². The number of carbonyl (C=O) groups is 1. The van der Waals surface area contributed by atoms with Crippen LogP contribution >= 0.6 is 0 Å². The molecular formula is C21H27N3O2. The Balaban J connectivity index is 1.69. The summed E-state index contributed by atoms with van der Waals surface area (Å²) in [5.41, 5.74) is 4.21. The molecule has 0 radical (unpaired) electrons. The van der Waals surface area contributed by atoms with Crippen molar-refractivity contribution in [2.24, 2.45) is 0 Å². The second-order valence-electron chi connectivity index (χ2n) is 6.45. The van der Waals surface area contributed by atoms with Gasteiger partial charge in [-0.05, 0) is 43.7 Å². The van der Waals surface area contributed by atoms with Crippen LogP contribution in [0.25, 0.3) is 0 Å². The van der Waals surface area contributed by atoms with Crippen molar-refractivity contribution >= 4 is 23.0 Å². The number of likely N-dealkylation sites (N-methyl/N-ethyl adjacent to an activating group) is 1. The molecule has 1 fully saturated rings. The summed E-state index contributed by atoms with van der Waals surface area (Å²) in [7, 11) is 0. The Labute approximate surface area is 155 Å². The molecule has 138 valence electrons. The third kappa shape index (κ3) is 4.35. The number of anilines is 3. The SMILES string of the molecule is CCN(C(=O)CNc1ccccc1N1CCOCC1)c1cccc(C)c1. The molecule has 0 spiro atoms. The number of morpholine rings is 1. The fraction of sp³-hybridized carbons (Fsp3) is 0.381. The molecule has 0 bridgehead atoms. The third-order valence-corrected chi connectivity index (χ3v) is 4.62. The van der Waals surface area contributed by atoms with Crippen LogP contribution in [0, 0.1) is 6.92 Å². The number of amides is 1. The summed E-state index contributed by atoms with van der Waals surface area (Å²) in [6.45, 7) is 8.18. The Kier molecular flexibility index (Phi) is 6.12. The average Bonchev–Trinajstić information content (AvgIpc) is 2.68. The fourth-order valence-electron chi connectivity index (χ4n) is 3.27. The molecule has 2 aromatic rings. The summed E-state index contributed by atoms with van der Waals surface area (Å²) in [5.74, 6) is 0.0647. The number of carbonyl (C=O) groups excluding carboxylic acids is 1. The number of benzene rings is 2. The van der Waals surface area contributed by atoms with Crippen LogP contribution in [0.5, 0.6) is 0 Å². The molecule has 1 heterocycles. The van der Waals surface area contributed by atoms with Crippen LogP contribution in [0.2, 0.25) is 0 Å². The zero-order chi connectivity index (χ0) is 18.4. The Hall–Kier alpha value is -2.53. The van der Waals surface area contributed by atoms with E-state index in [9.17, 15) is 4.79 Å². The van der Waals surface area contributed by atoms with Gasteiger partial charge in [-0.25, -0.2) is 0 Å². The van der Waals surface area contributed by atoms with Crippen LogP contribution in [0.3, 0.4) is 0 Å². The molecule has 1 saturated heterocycles. The number of aryl methyl sites for hydroxylation is 1. The standard InChI is InChI=1S/C21H27N3O2/c1-3-24(18-8-6-7-17(2)15-18)21(25)16-22-19-9-4-5-10-20(19)23-11-13-26-14-12-23/h4-10,15,22H,3,11-14,16H2,1-2H3. The molecule has 5 nitrogen and oxygen atoms in total. The number of hydrogen-bond donors (Lipinski definition) is 1. The van der Waals surface area contributed by atoms with Gasteiger partial charge in [-0.3, -0.25) is 4.79 Å². The van der Waals surface area contributed by atoms with Gasteiger partial charge in [-0.15, -0.1) is 0 Å². The lowest BCUT2D eigenvalue weighted by Gasteiger charge is -2.31. The Morgan fingerprint density at radius 1 is 1.15 bits per heavy atom. The Morgan fingerprint density at radius 3 is 2.65 bits per heavy atom. The summed E-state index contributed by atoms with van der Waals surface area (Å²) in [5, 5.41) is 3.34. The van der Waals surface area contributed by atoms with E-state index in [0.29, 0.717) is 6.54 Å². The topological polar surface area (TPSA) is 44.8 Å². The van der Waals surface area contributed by atoms with Crippen molar-refractivity contribution in [3.63, 3.8) is 0 Å². The predicted octanol–water partition coefficient (Wildman–Crippen LogP) is 3.30. The highest BCUT2D eigenvalue weighted by Gasteiger charge is 2.17. The van der Waals surface area contributed by atoms with Crippen LogP contribution in [0.4, 0.5) is 17.1 Å². The van der Waals surface area contributed by atoms with Gasteiger partial charge >= 0.3 is 0 Å². The van der Waals surface area contributed by atoms with E-state index >= 15 is 0 Å². The number of rotatable bonds is 6. The van der Waals surface area contributed by atoms with E-state index < -0.39 is 0 Å². The lowest BCUT2D eigenvalue weighted by Crippen LogP contribution is -2.38. The van der Waals surface area contributed by atoms with E-state index in [1.54, 1.807) is 0 Å². The lowest BCUT2D eigenvalue weighted by molar-refractivity contribution is -0.116. The number of para-hydroxylation sites is 2. The monoisotopic (exact) mass is 353 g/mol. The highest BCUT2D eigenvalue weighted by atomic mass is 16.5. The fourth-order valence-corrected chi connectivity index (χ4v) is 3.27. The van der Waals surface area contributed by atoms with Crippen molar-refractivity contribution in [1.82, 2.24) is 0 Å². The quantitative estimate of drug-likeness (QED) is 0.865. The second-order valence-corrected chi connectivity index (χ2v) is 6.45. The van der Waals surface area contributed by atoms with Gasteiger partial charge in [0.25, 0.3) is 0 Å². The van der Waals surface area contributed by atoms with Gasteiger partial charge in [-0.1, -0.05) is 24.3 Å². The van der Waals surface area contributed by atoms with Gasteiger partial charge in [0, 0.05) is 25.3 Å². The van der Waals surface area contributed by atoms with Gasteiger partial charge in [-0.2, -0.15) is 0 Å². The van der Waals surface area contributed by atoms with Gasteiger partial charge in [0.2, 0.25) is 5.91 Å². The molecule has 26 heavy (non-hydrogen) atoms. The van der Waals surface area contributed by atoms with Crippen LogP contribution in [-0.2, 0) is 9.53 Å². The minimum Gasteiger partial charge on any atom is -0.378 e. The second kappa shape index (κ2) is 8.72. The van der Waals surface area contributed by atoms with Gasteiger partial charge in [0.05, 0.1) is 31.1 Å². The highest BCUT2D eigenvalue weighted by Crippen LogP contribution is 2.26. The zero-order valence-electron chi connectivity index (χ0n) is 15.6. The van der Waals surface area contributed by atoms with Crippen LogP contribution in [0.15, 0.2) is 48.5 Å². The molecule has 3 rings (SSSR count). The maximum Gasteiger partial charge on any atom is 0.246 e. The van der Waals surface area contributed by atoms with E-state index in [0.717, 1.165) is 48.9 Å². The number of nitrogens with one attached hydrogen (secondary N) is 1. The maximum atomic E-state index is 12.8. The minimum absolute atomic E-state index is 0.0647. The van der Waals surface area contributed by atoms with Gasteiger partial charge in [0.15, 0.2) is 0 Å². The van der Waals surface area contributed by atoms with Crippen molar-refractivity contribution in [3.8, 4) is 0 Å². The number of hydrogen-bond acceptors (Lipinski definition) is 4. The molecule has 2 aromatic carbocycles. The highest BCUT2D eigenvalue weighted by molar-refractivity contribution is 5.96. The van der Waals surface area contributed by atoms with Crippen molar-refractivity contribution in [2.45, 2.75) is 13.8 Å². The number of ether oxygens (including phenoxy) is 1. The summed E-state index contributed by atoms with van der Waals surface area (Å²) < 4.78 is 5.44. The number of nitrogens with zero attached hydrogens (tertiary/aromatic N) is 2. The summed E-state index contributed by atoms with van der Waals surface area (Å²) >= 11 is 0. The van der Waals surface area contributed by atoms with Gasteiger partial charge in [0.1, 0.15) is 0 Å². The van der Waals surface area contributed by atoms with E-state index in [1.165, 1.54) is 0 Å². The summed E-state index contributed by atoms with van der Waals surface area (Å²) in [4.78, 5) is 16.9. The molecule has 0 aromatic heterocycles. The molecule has 5 heteroatoms. The molecule has 0 saturated carbocycles. The van der Waals surface area contributed by atoms with Gasteiger partial charge < -0.3 is 19.9 Å². The maximum absolute atomic E-state index is 12.8. The molecule has 0 atom stereocenters. The predicted molar refractivity (Wildman–Crippen MR) is 107 cm³/mol. The average molecular weight is 353 g/mol. The normalized spacial score (nSPS) is 14.2. The third-order valence-electron chi connectivity index (χ3n) is 4.62. The zero-order valence-corrected chi connectivity index (χ0v) is 15.6. The lowest BCUT2D eigenvalue weighted by atomic mass is 10.2. The molecule has 1 aliphatic rings. The van der Waals surface area contributed by atoms with E-state index in [1.807, 2.05) is 61.2 Å². The summed E-state index contributed by atoms with van der Waals surface area (Å²) in [6.07, 6.45) is 0. The van der Waals surface area contributed by atoms with Crippen LogP contribution < -0.4 is 15.1 Å². The minimum atomic E-state index is 0.0647. The Morgan fingerprint density at radius 2 is 1.92 bits per heavy atom. The molecule has 0 unspecified atom stereocenters. The summed E-state index contributed by atoms with van der Waals surface area (Å²) in [6, 6.07) is 16.2. The van der Waals surface area contributed by atoms with E-state index in [-0.39, 0.29) is 12.5 Å². The van der Waals surface area contributed by atoms with Crippen LogP contribution in [-0.4, -0.2) is 45.3 Å². The molecule has 1 N–H and O–H groups in total. The molecule has 0 aliphatic carbocycles. The molecule has 1 aliphatic heterocycles. The van der Waals surface area contributed by atoms with Crippen molar-refractivity contribution < 1.29 is 9.53 Å². The van der Waals surface area contributed by atoms with Crippen LogP contribution in [0.1, 0.15) is 12.5 Å². The van der Waals surface area contributed by atoms with E-state index in [2.05, 4.69) is 16.3 Å². The molecule has 1 amide bonds. The van der Waals surface area contributed by atoms with Crippen molar-refractivity contribution in [1.29, 1.82) is 0 Å².